The number of anilines is 1. The van der Waals surface area contributed by atoms with E-state index in [2.05, 4.69) is 52.7 Å². The molecule has 24 heavy (non-hydrogen) atoms. The zero-order valence-electron chi connectivity index (χ0n) is 13.8. The highest BCUT2D eigenvalue weighted by molar-refractivity contribution is 5.42. The first kappa shape index (κ1) is 14.8. The van der Waals surface area contributed by atoms with Crippen LogP contribution >= 0.6 is 0 Å². The van der Waals surface area contributed by atoms with Gasteiger partial charge in [0.25, 0.3) is 0 Å². The molecule has 5 nitrogen and oxygen atoms in total. The van der Waals surface area contributed by atoms with Gasteiger partial charge in [-0.1, -0.05) is 48.0 Å². The molecule has 2 atom stereocenters. The van der Waals surface area contributed by atoms with Gasteiger partial charge >= 0.3 is 0 Å². The summed E-state index contributed by atoms with van der Waals surface area (Å²) in [6, 6.07) is 17.1. The summed E-state index contributed by atoms with van der Waals surface area (Å²) in [4.78, 5) is 4.38. The quantitative estimate of drug-likeness (QED) is 0.799. The molecule has 0 aliphatic carbocycles. The number of nitrogens with one attached hydrogen (secondary N) is 1. The highest BCUT2D eigenvalue weighted by atomic mass is 16.5. The van der Waals surface area contributed by atoms with E-state index < -0.39 is 0 Å². The Balaban J connectivity index is 1.75. The van der Waals surface area contributed by atoms with Crippen molar-refractivity contribution in [2.45, 2.75) is 25.4 Å². The molecule has 1 aliphatic rings. The Morgan fingerprint density at radius 3 is 2.71 bits per heavy atom. The molecule has 0 bridgehead atoms. The molecular formula is C19H20N4O. The Kier molecular flexibility index (Phi) is 3.69. The zero-order chi connectivity index (χ0) is 16.5. The number of ether oxygens (including phenoxy) is 1. The number of rotatable bonds is 3. The molecule has 2 heterocycles. The highest BCUT2D eigenvalue weighted by Gasteiger charge is 2.31. The van der Waals surface area contributed by atoms with Crippen LogP contribution in [0.4, 0.5) is 5.95 Å². The first-order valence-electron chi connectivity index (χ1n) is 8.12. The Morgan fingerprint density at radius 2 is 1.92 bits per heavy atom. The lowest BCUT2D eigenvalue weighted by molar-refractivity contribution is 0.380. The van der Waals surface area contributed by atoms with Gasteiger partial charge < -0.3 is 10.1 Å². The topological polar surface area (TPSA) is 52.0 Å². The minimum absolute atomic E-state index is 0.0891. The van der Waals surface area contributed by atoms with Crippen molar-refractivity contribution in [3.63, 3.8) is 0 Å². The van der Waals surface area contributed by atoms with Gasteiger partial charge in [0.1, 0.15) is 12.1 Å². The van der Waals surface area contributed by atoms with E-state index >= 15 is 0 Å². The summed E-state index contributed by atoms with van der Waals surface area (Å²) in [5.74, 6) is 1.68. The maximum absolute atomic E-state index is 5.56. The monoisotopic (exact) mass is 320 g/mol. The molecule has 1 aliphatic heterocycles. The molecule has 0 spiro atoms. The SMILES string of the molecule is COc1ccccc1[C@H]1C[C@@H](c2ccc(C)cc2)Nc2ncnn21. The predicted octanol–water partition coefficient (Wildman–Crippen LogP) is 3.74. The molecule has 2 aromatic carbocycles. The van der Waals surface area contributed by atoms with Crippen molar-refractivity contribution in [1.29, 1.82) is 0 Å². The number of fused-ring (bicyclic) bond motifs is 1. The van der Waals surface area contributed by atoms with Gasteiger partial charge in [0.15, 0.2) is 0 Å². The molecule has 0 saturated heterocycles. The van der Waals surface area contributed by atoms with Gasteiger partial charge in [0.05, 0.1) is 19.2 Å². The average Bonchev–Trinajstić information content (AvgIpc) is 3.10. The van der Waals surface area contributed by atoms with Gasteiger partial charge in [-0.05, 0) is 25.0 Å². The van der Waals surface area contributed by atoms with Crippen LogP contribution in [-0.2, 0) is 0 Å². The zero-order valence-corrected chi connectivity index (χ0v) is 13.8. The van der Waals surface area contributed by atoms with Crippen molar-refractivity contribution in [1.82, 2.24) is 14.8 Å². The smallest absolute Gasteiger partial charge is 0.222 e. The lowest BCUT2D eigenvalue weighted by Crippen LogP contribution is -2.28. The normalized spacial score (nSPS) is 19.4. The van der Waals surface area contributed by atoms with E-state index in [-0.39, 0.29) is 12.1 Å². The summed E-state index contributed by atoms with van der Waals surface area (Å²) in [5, 5.41) is 7.92. The molecule has 0 amide bonds. The minimum Gasteiger partial charge on any atom is -0.496 e. The maximum atomic E-state index is 5.56. The van der Waals surface area contributed by atoms with E-state index in [1.807, 2.05) is 22.9 Å². The average molecular weight is 320 g/mol. The molecule has 5 heteroatoms. The van der Waals surface area contributed by atoms with Gasteiger partial charge in [0, 0.05) is 5.56 Å². The van der Waals surface area contributed by atoms with Crippen LogP contribution in [0.2, 0.25) is 0 Å². The van der Waals surface area contributed by atoms with E-state index in [0.717, 1.165) is 23.7 Å². The molecule has 3 aromatic rings. The second-order valence-corrected chi connectivity index (χ2v) is 6.13. The largest absolute Gasteiger partial charge is 0.496 e. The number of nitrogens with zero attached hydrogens (tertiary/aromatic N) is 3. The lowest BCUT2D eigenvalue weighted by atomic mass is 9.92. The van der Waals surface area contributed by atoms with Crippen LogP contribution in [0.1, 0.15) is 35.2 Å². The fourth-order valence-electron chi connectivity index (χ4n) is 3.34. The number of para-hydroxylation sites is 1. The number of methoxy groups -OCH3 is 1. The third kappa shape index (κ3) is 2.52. The van der Waals surface area contributed by atoms with Crippen molar-refractivity contribution in [2.75, 3.05) is 12.4 Å². The molecule has 0 saturated carbocycles. The van der Waals surface area contributed by atoms with Crippen molar-refractivity contribution < 1.29 is 4.74 Å². The lowest BCUT2D eigenvalue weighted by Gasteiger charge is -2.32. The number of hydrogen-bond acceptors (Lipinski definition) is 4. The van der Waals surface area contributed by atoms with Crippen LogP contribution in [0.5, 0.6) is 5.75 Å². The van der Waals surface area contributed by atoms with Crippen LogP contribution in [-0.4, -0.2) is 21.9 Å². The van der Waals surface area contributed by atoms with Gasteiger partial charge in [-0.25, -0.2) is 4.68 Å². The summed E-state index contributed by atoms with van der Waals surface area (Å²) < 4.78 is 7.51. The molecule has 0 fully saturated rings. The predicted molar refractivity (Wildman–Crippen MR) is 93.3 cm³/mol. The molecule has 122 valence electrons. The summed E-state index contributed by atoms with van der Waals surface area (Å²) in [7, 11) is 1.71. The van der Waals surface area contributed by atoms with Gasteiger partial charge in [-0.15, -0.1) is 0 Å². The van der Waals surface area contributed by atoms with Crippen molar-refractivity contribution in [3.05, 3.63) is 71.5 Å². The van der Waals surface area contributed by atoms with Crippen LogP contribution in [0.25, 0.3) is 0 Å². The maximum Gasteiger partial charge on any atom is 0.222 e. The van der Waals surface area contributed by atoms with Gasteiger partial charge in [0.2, 0.25) is 5.95 Å². The first-order valence-corrected chi connectivity index (χ1v) is 8.12. The fourth-order valence-corrected chi connectivity index (χ4v) is 3.34. The van der Waals surface area contributed by atoms with Crippen molar-refractivity contribution in [3.8, 4) is 5.75 Å². The van der Waals surface area contributed by atoms with Gasteiger partial charge in [-0.3, -0.25) is 0 Å². The highest BCUT2D eigenvalue weighted by Crippen LogP contribution is 2.40. The third-order valence-electron chi connectivity index (χ3n) is 4.61. The third-order valence-corrected chi connectivity index (χ3v) is 4.61. The molecule has 0 radical (unpaired) electrons. The number of hydrogen-bond donors (Lipinski definition) is 1. The second kappa shape index (κ2) is 6.00. The number of aryl methyl sites for hydroxylation is 1. The van der Waals surface area contributed by atoms with Crippen LogP contribution in [0.15, 0.2) is 54.9 Å². The molecule has 1 N–H and O–H groups in total. The van der Waals surface area contributed by atoms with Crippen molar-refractivity contribution in [2.24, 2.45) is 0 Å². The summed E-state index contributed by atoms with van der Waals surface area (Å²) in [6.07, 6.45) is 2.49. The van der Waals surface area contributed by atoms with E-state index in [1.165, 1.54) is 11.1 Å². The van der Waals surface area contributed by atoms with E-state index in [4.69, 9.17) is 4.74 Å². The minimum atomic E-state index is 0.0891. The van der Waals surface area contributed by atoms with Crippen LogP contribution < -0.4 is 10.1 Å². The summed E-state index contributed by atoms with van der Waals surface area (Å²) in [6.45, 7) is 2.10. The van der Waals surface area contributed by atoms with Crippen LogP contribution in [0.3, 0.4) is 0 Å². The fraction of sp³-hybridized carbons (Fsp3) is 0.263. The van der Waals surface area contributed by atoms with Crippen molar-refractivity contribution >= 4 is 5.95 Å². The summed E-state index contributed by atoms with van der Waals surface area (Å²) >= 11 is 0. The standard InChI is InChI=1S/C19H20N4O/c1-13-7-9-14(10-8-13)16-11-17(23-19(22-16)20-12-21-23)15-5-3-4-6-18(15)24-2/h3-10,12,16-17H,11H2,1-2H3,(H,20,21,22)/t16-,17+/m0/s1. The number of aromatic nitrogens is 3. The van der Waals surface area contributed by atoms with Gasteiger partial charge in [-0.2, -0.15) is 10.1 Å². The molecule has 1 aromatic heterocycles. The summed E-state index contributed by atoms with van der Waals surface area (Å²) in [5.41, 5.74) is 3.65. The van der Waals surface area contributed by atoms with E-state index in [1.54, 1.807) is 13.4 Å². The Labute approximate surface area is 141 Å². The Morgan fingerprint density at radius 1 is 1.12 bits per heavy atom. The molecular weight excluding hydrogens is 300 g/mol. The van der Waals surface area contributed by atoms with Crippen LogP contribution in [0, 0.1) is 6.92 Å². The molecule has 0 unspecified atom stereocenters. The Bertz CT molecular complexity index is 841. The Hall–Kier alpha value is -2.82. The first-order chi connectivity index (χ1) is 11.8. The van der Waals surface area contributed by atoms with E-state index in [0.29, 0.717) is 0 Å². The van der Waals surface area contributed by atoms with E-state index in [9.17, 15) is 0 Å². The number of benzene rings is 2. The molecule has 4 rings (SSSR count). The second-order valence-electron chi connectivity index (χ2n) is 6.13.